The van der Waals surface area contributed by atoms with Gasteiger partial charge in [-0.2, -0.15) is 0 Å². The van der Waals surface area contributed by atoms with Crippen molar-refractivity contribution in [2.75, 3.05) is 0 Å². The van der Waals surface area contributed by atoms with Gasteiger partial charge in [-0.1, -0.05) is 12.1 Å². The Kier molecular flexibility index (Phi) is 7.16. The van der Waals surface area contributed by atoms with Gasteiger partial charge in [-0.25, -0.2) is 4.79 Å². The molecule has 0 fully saturated rings. The molecule has 2 aromatic rings. The Morgan fingerprint density at radius 3 is 2.05 bits per heavy atom. The van der Waals surface area contributed by atoms with Gasteiger partial charge in [0.2, 0.25) is 0 Å². The number of aliphatic carboxylic acids is 1. The molecule has 0 saturated carbocycles. The lowest BCUT2D eigenvalue weighted by atomic mass is 10.4. The van der Waals surface area contributed by atoms with E-state index in [4.69, 9.17) is 5.11 Å². The molecule has 3 nitrogen and oxygen atoms in total. The Morgan fingerprint density at radius 1 is 1.05 bits per heavy atom. The summed E-state index contributed by atoms with van der Waals surface area (Å²) in [6.45, 7) is 0. The van der Waals surface area contributed by atoms with Crippen LogP contribution in [0.3, 0.4) is 0 Å². The molecule has 2 aromatic heterocycles. The highest BCUT2D eigenvalue weighted by molar-refractivity contribution is 7.11. The van der Waals surface area contributed by atoms with Gasteiger partial charge in [-0.3, -0.25) is 4.79 Å². The molecule has 2 rings (SSSR count). The molecule has 98 valence electrons. The summed E-state index contributed by atoms with van der Waals surface area (Å²) in [5.74, 6) is -0.909. The summed E-state index contributed by atoms with van der Waals surface area (Å²) in [5.41, 5.74) is 0. The second-order valence-corrected chi connectivity index (χ2v) is 5.16. The van der Waals surface area contributed by atoms with Crippen molar-refractivity contribution in [3.05, 3.63) is 56.9 Å². The number of hydrogen-bond acceptors (Lipinski definition) is 4. The van der Waals surface area contributed by atoms with Gasteiger partial charge in [-0.15, -0.1) is 22.7 Å². The highest BCUT2D eigenvalue weighted by Crippen LogP contribution is 2.10. The van der Waals surface area contributed by atoms with Crippen molar-refractivity contribution in [3.8, 4) is 0 Å². The van der Waals surface area contributed by atoms with Gasteiger partial charge in [0, 0.05) is 15.8 Å². The van der Waals surface area contributed by atoms with Crippen molar-refractivity contribution < 1.29 is 14.7 Å². The summed E-state index contributed by atoms with van der Waals surface area (Å²) in [5, 5.41) is 12.1. The zero-order valence-corrected chi connectivity index (χ0v) is 11.6. The quantitative estimate of drug-likeness (QED) is 0.688. The SMILES string of the molecule is O=C(O)/C=C/c1cccs1.O=C/C=C/c1cccs1. The van der Waals surface area contributed by atoms with E-state index in [1.807, 2.05) is 35.0 Å². The van der Waals surface area contributed by atoms with Crippen LogP contribution in [0.15, 0.2) is 47.2 Å². The maximum Gasteiger partial charge on any atom is 0.328 e. The first kappa shape index (κ1) is 15.1. The third-order valence-corrected chi connectivity index (χ3v) is 3.49. The number of carbonyl (C=O) groups excluding carboxylic acids is 1. The lowest BCUT2D eigenvalue weighted by Crippen LogP contribution is -1.84. The molecule has 0 spiro atoms. The predicted octanol–water partition coefficient (Wildman–Crippen LogP) is 3.81. The fraction of sp³-hybridized carbons (Fsp3) is 0. The molecule has 1 N–H and O–H groups in total. The van der Waals surface area contributed by atoms with Crippen molar-refractivity contribution in [2.24, 2.45) is 0 Å². The largest absolute Gasteiger partial charge is 0.478 e. The van der Waals surface area contributed by atoms with E-state index in [0.717, 1.165) is 22.1 Å². The van der Waals surface area contributed by atoms with Crippen molar-refractivity contribution >= 4 is 47.1 Å². The summed E-state index contributed by atoms with van der Waals surface area (Å²) in [4.78, 5) is 21.9. The van der Waals surface area contributed by atoms with E-state index in [2.05, 4.69) is 0 Å². The van der Waals surface area contributed by atoms with E-state index in [1.54, 1.807) is 23.5 Å². The molecule has 2 heterocycles. The number of aldehydes is 1. The minimum absolute atomic E-state index is 0.777. The lowest BCUT2D eigenvalue weighted by molar-refractivity contribution is -0.131. The van der Waals surface area contributed by atoms with Crippen LogP contribution in [0.25, 0.3) is 12.2 Å². The number of carboxylic acids is 1. The number of hydrogen-bond donors (Lipinski definition) is 1. The van der Waals surface area contributed by atoms with Crippen LogP contribution in [-0.4, -0.2) is 17.4 Å². The summed E-state index contributed by atoms with van der Waals surface area (Å²) < 4.78 is 0. The Bertz CT molecular complexity index is 537. The van der Waals surface area contributed by atoms with Crippen LogP contribution in [0, 0.1) is 0 Å². The molecule has 0 amide bonds. The number of rotatable bonds is 4. The minimum Gasteiger partial charge on any atom is -0.478 e. The maximum absolute atomic E-state index is 10.0. The number of allylic oxidation sites excluding steroid dienone is 1. The summed E-state index contributed by atoms with van der Waals surface area (Å²) in [6.07, 6.45) is 6.77. The van der Waals surface area contributed by atoms with E-state index < -0.39 is 5.97 Å². The van der Waals surface area contributed by atoms with E-state index in [0.29, 0.717) is 0 Å². The first-order valence-corrected chi connectivity index (χ1v) is 7.08. The monoisotopic (exact) mass is 292 g/mol. The Hall–Kier alpha value is -1.98. The van der Waals surface area contributed by atoms with E-state index in [1.165, 1.54) is 17.4 Å². The van der Waals surface area contributed by atoms with Crippen LogP contribution in [0.5, 0.6) is 0 Å². The summed E-state index contributed by atoms with van der Waals surface area (Å²) >= 11 is 3.13. The van der Waals surface area contributed by atoms with Crippen LogP contribution in [0.4, 0.5) is 0 Å². The second-order valence-electron chi connectivity index (χ2n) is 3.20. The Balaban J connectivity index is 0.000000191. The molecule has 0 unspecified atom stereocenters. The van der Waals surface area contributed by atoms with Gasteiger partial charge >= 0.3 is 5.97 Å². The average molecular weight is 292 g/mol. The van der Waals surface area contributed by atoms with E-state index in [-0.39, 0.29) is 0 Å². The molecular weight excluding hydrogens is 280 g/mol. The predicted molar refractivity (Wildman–Crippen MR) is 80.4 cm³/mol. The van der Waals surface area contributed by atoms with Crippen molar-refractivity contribution in [1.82, 2.24) is 0 Å². The van der Waals surface area contributed by atoms with E-state index >= 15 is 0 Å². The summed E-state index contributed by atoms with van der Waals surface area (Å²) in [6, 6.07) is 7.66. The summed E-state index contributed by atoms with van der Waals surface area (Å²) in [7, 11) is 0. The van der Waals surface area contributed by atoms with Crippen LogP contribution in [0.1, 0.15) is 9.75 Å². The Labute approximate surface area is 119 Å². The van der Waals surface area contributed by atoms with Gasteiger partial charge in [-0.05, 0) is 41.1 Å². The molecule has 0 aliphatic rings. The Morgan fingerprint density at radius 2 is 1.63 bits per heavy atom. The van der Waals surface area contributed by atoms with Crippen molar-refractivity contribution in [3.63, 3.8) is 0 Å². The first-order chi connectivity index (χ1) is 9.22. The standard InChI is InChI=1S/C7H6O2S.C7H6OS/c8-7(9)4-3-6-2-1-5-10-6;8-5-1-3-7-4-2-6-9-7/h1-5H,(H,8,9);1-6H/b4-3+;3-1+. The molecule has 0 aliphatic carbocycles. The van der Waals surface area contributed by atoms with Crippen LogP contribution < -0.4 is 0 Å². The lowest BCUT2D eigenvalue weighted by Gasteiger charge is -1.78. The fourth-order valence-electron chi connectivity index (χ4n) is 1.06. The van der Waals surface area contributed by atoms with Gasteiger partial charge in [0.1, 0.15) is 6.29 Å². The molecular formula is C14H12O3S2. The van der Waals surface area contributed by atoms with Crippen LogP contribution >= 0.6 is 22.7 Å². The van der Waals surface area contributed by atoms with Crippen molar-refractivity contribution in [2.45, 2.75) is 0 Å². The highest BCUT2D eigenvalue weighted by Gasteiger charge is 1.87. The zero-order valence-electron chi connectivity index (χ0n) is 9.93. The molecule has 0 radical (unpaired) electrons. The van der Waals surface area contributed by atoms with E-state index in [9.17, 15) is 9.59 Å². The smallest absolute Gasteiger partial charge is 0.328 e. The van der Waals surface area contributed by atoms with Gasteiger partial charge in [0.25, 0.3) is 0 Å². The number of thiophene rings is 2. The zero-order chi connectivity index (χ0) is 13.9. The normalized spacial score (nSPS) is 10.3. The number of carbonyl (C=O) groups is 2. The third kappa shape index (κ3) is 7.13. The third-order valence-electron chi connectivity index (χ3n) is 1.82. The minimum atomic E-state index is -0.909. The molecule has 5 heteroatoms. The molecule has 0 saturated heterocycles. The maximum atomic E-state index is 10.0. The molecule has 0 bridgehead atoms. The first-order valence-electron chi connectivity index (χ1n) is 5.32. The van der Waals surface area contributed by atoms with Crippen molar-refractivity contribution in [1.29, 1.82) is 0 Å². The average Bonchev–Trinajstić information content (AvgIpc) is 3.08. The van der Waals surface area contributed by atoms with Gasteiger partial charge < -0.3 is 5.11 Å². The van der Waals surface area contributed by atoms with Crippen LogP contribution in [-0.2, 0) is 9.59 Å². The topological polar surface area (TPSA) is 54.4 Å². The fourth-order valence-corrected chi connectivity index (χ4v) is 2.31. The molecule has 19 heavy (non-hydrogen) atoms. The molecule has 0 aromatic carbocycles. The van der Waals surface area contributed by atoms with Gasteiger partial charge in [0.05, 0.1) is 0 Å². The molecule has 0 aliphatic heterocycles. The van der Waals surface area contributed by atoms with Crippen LogP contribution in [0.2, 0.25) is 0 Å². The van der Waals surface area contributed by atoms with Gasteiger partial charge in [0.15, 0.2) is 0 Å². The molecule has 0 atom stereocenters. The highest BCUT2D eigenvalue weighted by atomic mass is 32.1. The second kappa shape index (κ2) is 9.02. The number of carboxylic acid groups (broad SMARTS) is 1.